The highest BCUT2D eigenvalue weighted by Gasteiger charge is 2.33. The van der Waals surface area contributed by atoms with Crippen LogP contribution in [0.1, 0.15) is 39.0 Å². The number of aliphatic imine (C=N–C) groups is 1. The van der Waals surface area contributed by atoms with Crippen LogP contribution in [0.3, 0.4) is 0 Å². The Morgan fingerprint density at radius 2 is 2.11 bits per heavy atom. The molecule has 2 rings (SSSR count). The van der Waals surface area contributed by atoms with Crippen LogP contribution in [0.4, 0.5) is 0 Å². The van der Waals surface area contributed by atoms with Gasteiger partial charge in [0.1, 0.15) is 4.21 Å². The predicted molar refractivity (Wildman–Crippen MR) is 116 cm³/mol. The van der Waals surface area contributed by atoms with Gasteiger partial charge in [-0.15, -0.1) is 11.3 Å². The molecule has 160 valence electrons. The minimum atomic E-state index is -3.41. The van der Waals surface area contributed by atoms with Crippen molar-refractivity contribution in [2.24, 2.45) is 10.4 Å². The molecule has 1 fully saturated rings. The second-order valence-electron chi connectivity index (χ2n) is 7.33. The van der Waals surface area contributed by atoms with Gasteiger partial charge >= 0.3 is 0 Å². The summed E-state index contributed by atoms with van der Waals surface area (Å²) >= 11 is 1.24. The molecule has 0 atom stereocenters. The lowest BCUT2D eigenvalue weighted by molar-refractivity contribution is 0.141. The van der Waals surface area contributed by atoms with Crippen molar-refractivity contribution < 1.29 is 13.2 Å². The number of thiophene rings is 1. The van der Waals surface area contributed by atoms with Crippen molar-refractivity contribution in [1.82, 2.24) is 14.9 Å². The molecule has 0 bridgehead atoms. The average Bonchev–Trinajstić information content (AvgIpc) is 3.37. The van der Waals surface area contributed by atoms with Crippen molar-refractivity contribution in [2.45, 2.75) is 43.2 Å². The predicted octanol–water partition coefficient (Wildman–Crippen LogP) is 2.52. The van der Waals surface area contributed by atoms with E-state index in [9.17, 15) is 8.42 Å². The molecule has 1 aromatic rings. The molecule has 0 aromatic carbocycles. The molecular formula is C19H34N4O3S2. The molecule has 0 amide bonds. The van der Waals surface area contributed by atoms with Gasteiger partial charge in [-0.2, -0.15) is 4.31 Å². The smallest absolute Gasteiger partial charge is 0.252 e. The van der Waals surface area contributed by atoms with Gasteiger partial charge in [0.05, 0.1) is 0 Å². The quantitative estimate of drug-likeness (QED) is 0.416. The fraction of sp³-hybridized carbons (Fsp3) is 0.737. The van der Waals surface area contributed by atoms with Gasteiger partial charge in [0.15, 0.2) is 5.96 Å². The van der Waals surface area contributed by atoms with Gasteiger partial charge in [-0.3, -0.25) is 4.99 Å². The molecule has 1 aliphatic rings. The van der Waals surface area contributed by atoms with E-state index in [1.54, 1.807) is 31.7 Å². The number of ether oxygens (including phenoxy) is 1. The Balaban J connectivity index is 1.90. The first-order valence-electron chi connectivity index (χ1n) is 9.94. The Labute approximate surface area is 173 Å². The van der Waals surface area contributed by atoms with Crippen LogP contribution in [-0.4, -0.2) is 65.6 Å². The number of nitrogens with zero attached hydrogens (tertiary/aromatic N) is 2. The van der Waals surface area contributed by atoms with Crippen molar-refractivity contribution in [3.8, 4) is 0 Å². The lowest BCUT2D eigenvalue weighted by Crippen LogP contribution is -2.42. The highest BCUT2D eigenvalue weighted by molar-refractivity contribution is 7.91. The standard InChI is InChI=1S/C19H34N4O3S2/c1-4-20-18(22-16-19(11-14-26-3)9-5-6-10-19)21-12-13-23(2)28(24,25)17-8-7-15-27-17/h7-8,15H,4-6,9-14,16H2,1-3H3,(H2,20,21,22). The molecule has 0 unspecified atom stereocenters. The van der Waals surface area contributed by atoms with Crippen molar-refractivity contribution in [3.05, 3.63) is 17.5 Å². The molecule has 1 aliphatic carbocycles. The molecule has 7 nitrogen and oxygen atoms in total. The molecule has 9 heteroatoms. The number of hydrogen-bond donors (Lipinski definition) is 2. The summed E-state index contributed by atoms with van der Waals surface area (Å²) in [6.07, 6.45) is 5.94. The van der Waals surface area contributed by atoms with Crippen LogP contribution in [0.15, 0.2) is 26.7 Å². The van der Waals surface area contributed by atoms with E-state index in [1.807, 2.05) is 6.92 Å². The second-order valence-corrected chi connectivity index (χ2v) is 10.5. The second kappa shape index (κ2) is 11.1. The van der Waals surface area contributed by atoms with Gasteiger partial charge in [0.25, 0.3) is 10.0 Å². The summed E-state index contributed by atoms with van der Waals surface area (Å²) in [5, 5.41) is 8.31. The van der Waals surface area contributed by atoms with Crippen LogP contribution in [-0.2, 0) is 14.8 Å². The SMILES string of the molecule is CCNC(=NCC1(CCOC)CCCC1)NCCN(C)S(=O)(=O)c1cccs1. The van der Waals surface area contributed by atoms with Gasteiger partial charge in [-0.1, -0.05) is 18.9 Å². The first kappa shape index (κ1) is 23.1. The zero-order valence-electron chi connectivity index (χ0n) is 17.2. The summed E-state index contributed by atoms with van der Waals surface area (Å²) < 4.78 is 32.0. The van der Waals surface area contributed by atoms with Crippen LogP contribution < -0.4 is 10.6 Å². The van der Waals surface area contributed by atoms with Gasteiger partial charge in [0.2, 0.25) is 0 Å². The van der Waals surface area contributed by atoms with E-state index in [0.717, 1.165) is 32.1 Å². The van der Waals surface area contributed by atoms with Crippen LogP contribution in [0.5, 0.6) is 0 Å². The summed E-state index contributed by atoms with van der Waals surface area (Å²) in [7, 11) is -0.0552. The highest BCUT2D eigenvalue weighted by Crippen LogP contribution is 2.41. The van der Waals surface area contributed by atoms with Crippen molar-refractivity contribution in [2.75, 3.05) is 46.9 Å². The van der Waals surface area contributed by atoms with E-state index >= 15 is 0 Å². The number of likely N-dealkylation sites (N-methyl/N-ethyl adjacent to an activating group) is 1. The van der Waals surface area contributed by atoms with E-state index < -0.39 is 10.0 Å². The molecule has 0 spiro atoms. The van der Waals surface area contributed by atoms with Gasteiger partial charge in [-0.25, -0.2) is 8.42 Å². The average molecular weight is 431 g/mol. The normalized spacial score (nSPS) is 17.2. The van der Waals surface area contributed by atoms with E-state index in [1.165, 1.54) is 41.3 Å². The number of methoxy groups -OCH3 is 1. The monoisotopic (exact) mass is 430 g/mol. The first-order chi connectivity index (χ1) is 13.4. The van der Waals surface area contributed by atoms with Gasteiger partial charge in [-0.05, 0) is 43.0 Å². The Morgan fingerprint density at radius 3 is 2.71 bits per heavy atom. The molecule has 1 heterocycles. The zero-order valence-corrected chi connectivity index (χ0v) is 18.9. The minimum absolute atomic E-state index is 0.234. The lowest BCUT2D eigenvalue weighted by Gasteiger charge is -2.27. The lowest BCUT2D eigenvalue weighted by atomic mass is 9.83. The summed E-state index contributed by atoms with van der Waals surface area (Å²) in [6, 6.07) is 3.39. The third-order valence-corrected chi connectivity index (χ3v) is 8.53. The summed E-state index contributed by atoms with van der Waals surface area (Å²) in [6.45, 7) is 5.21. The van der Waals surface area contributed by atoms with Gasteiger partial charge < -0.3 is 15.4 Å². The zero-order chi connectivity index (χ0) is 20.5. The van der Waals surface area contributed by atoms with Gasteiger partial charge in [0, 0.05) is 46.9 Å². The maximum atomic E-state index is 12.5. The molecule has 0 saturated heterocycles. The molecule has 1 saturated carbocycles. The molecular weight excluding hydrogens is 396 g/mol. The number of guanidine groups is 1. The summed E-state index contributed by atoms with van der Waals surface area (Å²) in [4.78, 5) is 4.80. The molecule has 0 aliphatic heterocycles. The number of rotatable bonds is 11. The van der Waals surface area contributed by atoms with Crippen molar-refractivity contribution in [1.29, 1.82) is 0 Å². The number of sulfonamides is 1. The Morgan fingerprint density at radius 1 is 1.36 bits per heavy atom. The van der Waals surface area contributed by atoms with E-state index in [-0.39, 0.29) is 5.41 Å². The van der Waals surface area contributed by atoms with E-state index in [2.05, 4.69) is 10.6 Å². The molecule has 28 heavy (non-hydrogen) atoms. The fourth-order valence-corrected chi connectivity index (χ4v) is 5.91. The molecule has 2 N–H and O–H groups in total. The topological polar surface area (TPSA) is 83.0 Å². The Kier molecular flexibility index (Phi) is 9.20. The molecule has 1 aromatic heterocycles. The number of nitrogens with one attached hydrogen (secondary N) is 2. The van der Waals surface area contributed by atoms with Crippen molar-refractivity contribution in [3.63, 3.8) is 0 Å². The first-order valence-corrected chi connectivity index (χ1v) is 12.3. The van der Waals surface area contributed by atoms with Crippen LogP contribution in [0.2, 0.25) is 0 Å². The Bertz CT molecular complexity index is 699. The largest absolute Gasteiger partial charge is 0.385 e. The summed E-state index contributed by atoms with van der Waals surface area (Å²) in [5.74, 6) is 0.744. The van der Waals surface area contributed by atoms with E-state index in [4.69, 9.17) is 9.73 Å². The van der Waals surface area contributed by atoms with Crippen molar-refractivity contribution >= 4 is 27.3 Å². The van der Waals surface area contributed by atoms with Crippen LogP contribution in [0.25, 0.3) is 0 Å². The van der Waals surface area contributed by atoms with Crippen LogP contribution in [0, 0.1) is 5.41 Å². The Hall–Kier alpha value is -1.16. The van der Waals surface area contributed by atoms with E-state index in [0.29, 0.717) is 17.3 Å². The number of hydrogen-bond acceptors (Lipinski definition) is 5. The maximum Gasteiger partial charge on any atom is 0.252 e. The maximum absolute atomic E-state index is 12.5. The van der Waals surface area contributed by atoms with Crippen LogP contribution >= 0.6 is 11.3 Å². The minimum Gasteiger partial charge on any atom is -0.385 e. The molecule has 0 radical (unpaired) electrons. The summed E-state index contributed by atoms with van der Waals surface area (Å²) in [5.41, 5.74) is 0.234. The highest BCUT2D eigenvalue weighted by atomic mass is 32.2. The fourth-order valence-electron chi connectivity index (χ4n) is 3.54. The third kappa shape index (κ3) is 6.43. The third-order valence-electron chi connectivity index (χ3n) is 5.30.